The van der Waals surface area contributed by atoms with Crippen LogP contribution in [0.2, 0.25) is 0 Å². The van der Waals surface area contributed by atoms with E-state index in [-0.39, 0.29) is 17.2 Å². The zero-order chi connectivity index (χ0) is 18.4. The van der Waals surface area contributed by atoms with Crippen LogP contribution in [0.4, 0.5) is 0 Å². The maximum Gasteiger partial charge on any atom is 0.233 e. The molecule has 2 amide bonds. The molecule has 25 heavy (non-hydrogen) atoms. The van der Waals surface area contributed by atoms with Gasteiger partial charge in [-0.3, -0.25) is 14.5 Å². The molecule has 1 saturated heterocycles. The largest absolute Gasteiger partial charge is 0.358 e. The van der Waals surface area contributed by atoms with Gasteiger partial charge in [0.1, 0.15) is 0 Å². The van der Waals surface area contributed by atoms with E-state index in [1.54, 1.807) is 18.8 Å². The zero-order valence-electron chi connectivity index (χ0n) is 15.7. The summed E-state index contributed by atoms with van der Waals surface area (Å²) in [4.78, 5) is 28.9. The van der Waals surface area contributed by atoms with Crippen molar-refractivity contribution in [2.24, 2.45) is 0 Å². The van der Waals surface area contributed by atoms with Crippen LogP contribution in [0.1, 0.15) is 26.3 Å². The van der Waals surface area contributed by atoms with E-state index in [1.807, 2.05) is 4.90 Å². The Hall–Kier alpha value is -1.53. The molecule has 0 spiro atoms. The molecule has 1 aromatic carbocycles. The molecule has 0 saturated carbocycles. The summed E-state index contributed by atoms with van der Waals surface area (Å²) >= 11 is 1.59. The van der Waals surface area contributed by atoms with E-state index in [4.69, 9.17) is 0 Å². The van der Waals surface area contributed by atoms with Crippen LogP contribution < -0.4 is 5.32 Å². The zero-order valence-corrected chi connectivity index (χ0v) is 16.5. The summed E-state index contributed by atoms with van der Waals surface area (Å²) in [6.45, 7) is 9.90. The number of thioether (sulfide) groups is 1. The van der Waals surface area contributed by atoms with Gasteiger partial charge < -0.3 is 10.2 Å². The van der Waals surface area contributed by atoms with Crippen molar-refractivity contribution in [3.8, 4) is 0 Å². The predicted molar refractivity (Wildman–Crippen MR) is 103 cm³/mol. The molecule has 1 aliphatic rings. The Labute approximate surface area is 155 Å². The molecule has 0 aromatic heterocycles. The van der Waals surface area contributed by atoms with Crippen molar-refractivity contribution in [1.82, 2.24) is 15.1 Å². The van der Waals surface area contributed by atoms with Crippen molar-refractivity contribution in [3.63, 3.8) is 0 Å². The number of carbonyl (C=O) groups is 2. The maximum absolute atomic E-state index is 12.4. The third-order valence-electron chi connectivity index (χ3n) is 4.45. The molecule has 0 radical (unpaired) electrons. The molecule has 0 atom stereocenters. The lowest BCUT2D eigenvalue weighted by Crippen LogP contribution is -2.51. The van der Waals surface area contributed by atoms with Gasteiger partial charge in [0.05, 0.1) is 12.3 Å². The van der Waals surface area contributed by atoms with E-state index in [0.717, 1.165) is 18.0 Å². The van der Waals surface area contributed by atoms with Gasteiger partial charge >= 0.3 is 0 Å². The van der Waals surface area contributed by atoms with Crippen LogP contribution in [-0.4, -0.2) is 67.1 Å². The standard InChI is InChI=1S/C19H29N3O2S/c1-19(2,3)15-5-7-16(8-6-15)25-14-18(24)22-11-9-21(10-12-22)13-17(23)20-4/h5-8H,9-14H2,1-4H3,(H,20,23). The van der Waals surface area contributed by atoms with E-state index in [9.17, 15) is 9.59 Å². The average Bonchev–Trinajstić information content (AvgIpc) is 2.59. The number of piperazine rings is 1. The number of amides is 2. The molecule has 1 N–H and O–H groups in total. The number of nitrogens with zero attached hydrogens (tertiary/aromatic N) is 2. The fraction of sp³-hybridized carbons (Fsp3) is 0.579. The van der Waals surface area contributed by atoms with Gasteiger partial charge in [0.2, 0.25) is 11.8 Å². The van der Waals surface area contributed by atoms with E-state index in [2.05, 4.69) is 55.3 Å². The first-order valence-corrected chi connectivity index (χ1v) is 9.72. The summed E-state index contributed by atoms with van der Waals surface area (Å²) < 4.78 is 0. The monoisotopic (exact) mass is 363 g/mol. The summed E-state index contributed by atoms with van der Waals surface area (Å²) in [6, 6.07) is 8.48. The Kier molecular flexibility index (Phi) is 6.90. The summed E-state index contributed by atoms with van der Waals surface area (Å²) in [5.41, 5.74) is 1.45. The number of hydrogen-bond donors (Lipinski definition) is 1. The Morgan fingerprint density at radius 1 is 1.08 bits per heavy atom. The topological polar surface area (TPSA) is 52.7 Å². The second-order valence-electron chi connectivity index (χ2n) is 7.39. The quantitative estimate of drug-likeness (QED) is 0.813. The fourth-order valence-electron chi connectivity index (χ4n) is 2.73. The van der Waals surface area contributed by atoms with Gasteiger partial charge in [-0.25, -0.2) is 0 Å². The Balaban J connectivity index is 1.77. The number of hydrogen-bond acceptors (Lipinski definition) is 4. The lowest BCUT2D eigenvalue weighted by Gasteiger charge is -2.34. The molecule has 6 heteroatoms. The van der Waals surface area contributed by atoms with Gasteiger partial charge in [-0.05, 0) is 23.1 Å². The molecular formula is C19H29N3O2S. The van der Waals surface area contributed by atoms with Gasteiger partial charge in [0.25, 0.3) is 0 Å². The summed E-state index contributed by atoms with van der Waals surface area (Å²) in [6.07, 6.45) is 0. The van der Waals surface area contributed by atoms with E-state index in [1.165, 1.54) is 5.56 Å². The second-order valence-corrected chi connectivity index (χ2v) is 8.44. The third-order valence-corrected chi connectivity index (χ3v) is 5.45. The van der Waals surface area contributed by atoms with Crippen molar-refractivity contribution in [1.29, 1.82) is 0 Å². The van der Waals surface area contributed by atoms with E-state index in [0.29, 0.717) is 25.4 Å². The molecule has 2 rings (SSSR count). The molecule has 1 heterocycles. The minimum absolute atomic E-state index is 0.0223. The first-order valence-electron chi connectivity index (χ1n) is 8.73. The van der Waals surface area contributed by atoms with Crippen LogP contribution in [0.5, 0.6) is 0 Å². The lowest BCUT2D eigenvalue weighted by atomic mass is 9.87. The predicted octanol–water partition coefficient (Wildman–Crippen LogP) is 1.97. The van der Waals surface area contributed by atoms with Crippen LogP contribution in [0.15, 0.2) is 29.2 Å². The van der Waals surface area contributed by atoms with Gasteiger partial charge in [0.15, 0.2) is 0 Å². The first-order chi connectivity index (χ1) is 11.8. The van der Waals surface area contributed by atoms with Crippen LogP contribution in [0.25, 0.3) is 0 Å². The van der Waals surface area contributed by atoms with Crippen molar-refractivity contribution in [2.75, 3.05) is 45.5 Å². The van der Waals surface area contributed by atoms with Crippen molar-refractivity contribution in [2.45, 2.75) is 31.1 Å². The molecule has 138 valence electrons. The van der Waals surface area contributed by atoms with Crippen molar-refractivity contribution < 1.29 is 9.59 Å². The van der Waals surface area contributed by atoms with Crippen molar-refractivity contribution >= 4 is 23.6 Å². The molecule has 5 nitrogen and oxygen atoms in total. The minimum Gasteiger partial charge on any atom is -0.358 e. The third kappa shape index (κ3) is 6.04. The van der Waals surface area contributed by atoms with Gasteiger partial charge in [0, 0.05) is 38.1 Å². The van der Waals surface area contributed by atoms with Crippen LogP contribution in [-0.2, 0) is 15.0 Å². The maximum atomic E-state index is 12.4. The van der Waals surface area contributed by atoms with E-state index >= 15 is 0 Å². The van der Waals surface area contributed by atoms with Crippen LogP contribution in [0, 0.1) is 0 Å². The lowest BCUT2D eigenvalue weighted by molar-refractivity contribution is -0.130. The first kappa shape index (κ1) is 19.8. The van der Waals surface area contributed by atoms with Gasteiger partial charge in [-0.2, -0.15) is 0 Å². The smallest absolute Gasteiger partial charge is 0.233 e. The van der Waals surface area contributed by atoms with Gasteiger partial charge in [-0.1, -0.05) is 32.9 Å². The highest BCUT2D eigenvalue weighted by molar-refractivity contribution is 8.00. The van der Waals surface area contributed by atoms with Crippen LogP contribution >= 0.6 is 11.8 Å². The van der Waals surface area contributed by atoms with Crippen molar-refractivity contribution in [3.05, 3.63) is 29.8 Å². The number of likely N-dealkylation sites (N-methyl/N-ethyl adjacent to an activating group) is 1. The number of benzene rings is 1. The number of carbonyl (C=O) groups excluding carboxylic acids is 2. The minimum atomic E-state index is 0.0223. The number of nitrogens with one attached hydrogen (secondary N) is 1. The summed E-state index contributed by atoms with van der Waals surface area (Å²) in [5.74, 6) is 0.656. The normalized spacial score (nSPS) is 15.9. The Bertz CT molecular complexity index is 588. The molecule has 1 aromatic rings. The Morgan fingerprint density at radius 2 is 1.68 bits per heavy atom. The highest BCUT2D eigenvalue weighted by atomic mass is 32.2. The molecule has 1 aliphatic heterocycles. The average molecular weight is 364 g/mol. The molecule has 1 fully saturated rings. The summed E-state index contributed by atoms with van der Waals surface area (Å²) in [5, 5.41) is 2.63. The highest BCUT2D eigenvalue weighted by Gasteiger charge is 2.22. The van der Waals surface area contributed by atoms with Gasteiger partial charge in [-0.15, -0.1) is 11.8 Å². The summed E-state index contributed by atoms with van der Waals surface area (Å²) in [7, 11) is 1.65. The molecule has 0 unspecified atom stereocenters. The van der Waals surface area contributed by atoms with Crippen LogP contribution in [0.3, 0.4) is 0 Å². The number of rotatable bonds is 5. The van der Waals surface area contributed by atoms with E-state index < -0.39 is 0 Å². The fourth-order valence-corrected chi connectivity index (χ4v) is 3.53. The molecule has 0 bridgehead atoms. The second kappa shape index (κ2) is 8.72. The molecule has 0 aliphatic carbocycles. The SMILES string of the molecule is CNC(=O)CN1CCN(C(=O)CSc2ccc(C(C)(C)C)cc2)CC1. The Morgan fingerprint density at radius 3 is 2.20 bits per heavy atom. The highest BCUT2D eigenvalue weighted by Crippen LogP contribution is 2.25. The molecular weight excluding hydrogens is 334 g/mol.